The highest BCUT2D eigenvalue weighted by molar-refractivity contribution is 5.43. The van der Waals surface area contributed by atoms with Crippen LogP contribution in [0.5, 0.6) is 5.75 Å². The van der Waals surface area contributed by atoms with E-state index >= 15 is 0 Å². The molecule has 0 atom stereocenters. The number of nitrogens with two attached hydrogens (primary N) is 1. The molecule has 0 unspecified atom stereocenters. The average molecular weight is 285 g/mol. The molecule has 0 saturated heterocycles. The van der Waals surface area contributed by atoms with Gasteiger partial charge in [-0.25, -0.2) is 0 Å². The summed E-state index contributed by atoms with van der Waals surface area (Å²) >= 11 is 0. The molecular formula is C17H23N3O. The molecule has 2 aromatic rings. The third-order valence-corrected chi connectivity index (χ3v) is 3.35. The summed E-state index contributed by atoms with van der Waals surface area (Å²) in [4.78, 5) is 6.45. The molecule has 0 amide bonds. The zero-order valence-electron chi connectivity index (χ0n) is 12.5. The van der Waals surface area contributed by atoms with Crippen molar-refractivity contribution >= 4 is 5.69 Å². The Labute approximate surface area is 126 Å². The van der Waals surface area contributed by atoms with Crippen LogP contribution in [-0.4, -0.2) is 29.6 Å². The van der Waals surface area contributed by atoms with Crippen molar-refractivity contribution in [3.05, 3.63) is 54.4 Å². The largest absolute Gasteiger partial charge is 0.493 e. The Morgan fingerprint density at radius 1 is 1.19 bits per heavy atom. The molecular weight excluding hydrogens is 262 g/mol. The molecule has 21 heavy (non-hydrogen) atoms. The highest BCUT2D eigenvalue weighted by Gasteiger charge is 2.03. The molecule has 0 radical (unpaired) electrons. The van der Waals surface area contributed by atoms with E-state index in [2.05, 4.69) is 28.9 Å². The fourth-order valence-electron chi connectivity index (χ4n) is 2.18. The van der Waals surface area contributed by atoms with Gasteiger partial charge in [-0.3, -0.25) is 9.88 Å². The minimum absolute atomic E-state index is 0.705. The summed E-state index contributed by atoms with van der Waals surface area (Å²) in [6.07, 6.45) is 4.67. The molecule has 0 aliphatic heterocycles. The maximum atomic E-state index is 5.73. The van der Waals surface area contributed by atoms with Gasteiger partial charge in [-0.15, -0.1) is 0 Å². The Balaban J connectivity index is 1.71. The zero-order chi connectivity index (χ0) is 14.9. The smallest absolute Gasteiger partial charge is 0.121 e. The highest BCUT2D eigenvalue weighted by Crippen LogP contribution is 2.14. The van der Waals surface area contributed by atoms with Crippen LogP contribution in [0, 0.1) is 0 Å². The van der Waals surface area contributed by atoms with E-state index in [1.165, 1.54) is 5.56 Å². The third kappa shape index (κ3) is 5.44. The molecule has 112 valence electrons. The second kappa shape index (κ2) is 8.27. The lowest BCUT2D eigenvalue weighted by Gasteiger charge is -2.20. The Kier molecular flexibility index (Phi) is 6.03. The number of anilines is 1. The van der Waals surface area contributed by atoms with Crippen LogP contribution in [0.1, 0.15) is 18.9 Å². The summed E-state index contributed by atoms with van der Waals surface area (Å²) in [6, 6.07) is 11.7. The molecule has 0 saturated carbocycles. The number of nitrogen functional groups attached to an aromatic ring is 1. The van der Waals surface area contributed by atoms with Crippen molar-refractivity contribution in [2.45, 2.75) is 19.9 Å². The minimum atomic E-state index is 0.705. The number of aromatic nitrogens is 1. The lowest BCUT2D eigenvalue weighted by molar-refractivity contribution is 0.236. The standard InChI is InChI=1S/C17H23N3O/c1-2-20(14-15-7-9-19-10-8-15)11-4-12-21-17-6-3-5-16(18)13-17/h3,5-10,13H,2,4,11-12,14,18H2,1H3. The van der Waals surface area contributed by atoms with E-state index in [9.17, 15) is 0 Å². The molecule has 0 spiro atoms. The van der Waals surface area contributed by atoms with Gasteiger partial charge >= 0.3 is 0 Å². The van der Waals surface area contributed by atoms with E-state index in [4.69, 9.17) is 10.5 Å². The molecule has 2 N–H and O–H groups in total. The van der Waals surface area contributed by atoms with Gasteiger partial charge in [0.2, 0.25) is 0 Å². The summed E-state index contributed by atoms with van der Waals surface area (Å²) in [7, 11) is 0. The summed E-state index contributed by atoms with van der Waals surface area (Å²) in [5, 5.41) is 0. The lowest BCUT2D eigenvalue weighted by Crippen LogP contribution is -2.25. The number of nitrogens with zero attached hydrogens (tertiary/aromatic N) is 2. The van der Waals surface area contributed by atoms with Crippen LogP contribution in [0.15, 0.2) is 48.8 Å². The maximum Gasteiger partial charge on any atom is 0.121 e. The van der Waals surface area contributed by atoms with Crippen LogP contribution in [0.3, 0.4) is 0 Å². The molecule has 0 aliphatic rings. The van der Waals surface area contributed by atoms with Crippen LogP contribution < -0.4 is 10.5 Å². The normalized spacial score (nSPS) is 10.8. The number of ether oxygens (including phenoxy) is 1. The van der Waals surface area contributed by atoms with Gasteiger partial charge in [0.15, 0.2) is 0 Å². The first-order chi connectivity index (χ1) is 10.3. The molecule has 0 aliphatic carbocycles. The van der Waals surface area contributed by atoms with E-state index < -0.39 is 0 Å². The number of hydrogen-bond donors (Lipinski definition) is 1. The minimum Gasteiger partial charge on any atom is -0.493 e. The van der Waals surface area contributed by atoms with Gasteiger partial charge in [0.25, 0.3) is 0 Å². The summed E-state index contributed by atoms with van der Waals surface area (Å²) in [5.74, 6) is 0.840. The molecule has 0 bridgehead atoms. The molecule has 1 heterocycles. The van der Waals surface area contributed by atoms with E-state index in [1.807, 2.05) is 36.7 Å². The summed E-state index contributed by atoms with van der Waals surface area (Å²) in [6.45, 7) is 5.88. The fraction of sp³-hybridized carbons (Fsp3) is 0.353. The molecule has 4 nitrogen and oxygen atoms in total. The van der Waals surface area contributed by atoms with E-state index in [-0.39, 0.29) is 0 Å². The van der Waals surface area contributed by atoms with Gasteiger partial charge in [0.05, 0.1) is 6.61 Å². The Bertz CT molecular complexity index is 531. The number of pyridine rings is 1. The second-order valence-electron chi connectivity index (χ2n) is 5.00. The van der Waals surface area contributed by atoms with Crippen LogP contribution in [0.2, 0.25) is 0 Å². The van der Waals surface area contributed by atoms with Crippen molar-refractivity contribution < 1.29 is 4.74 Å². The predicted octanol–water partition coefficient (Wildman–Crippen LogP) is 2.95. The molecule has 2 rings (SSSR count). The van der Waals surface area contributed by atoms with Crippen LogP contribution in [-0.2, 0) is 6.54 Å². The first-order valence-electron chi connectivity index (χ1n) is 7.37. The van der Waals surface area contributed by atoms with Crippen LogP contribution >= 0.6 is 0 Å². The Morgan fingerprint density at radius 3 is 2.71 bits per heavy atom. The monoisotopic (exact) mass is 285 g/mol. The van der Waals surface area contributed by atoms with Gasteiger partial charge in [0.1, 0.15) is 5.75 Å². The van der Waals surface area contributed by atoms with Crippen molar-refractivity contribution in [2.75, 3.05) is 25.4 Å². The van der Waals surface area contributed by atoms with Gasteiger partial charge < -0.3 is 10.5 Å². The van der Waals surface area contributed by atoms with E-state index in [0.29, 0.717) is 6.61 Å². The predicted molar refractivity (Wildman–Crippen MR) is 86.2 cm³/mol. The SMILES string of the molecule is CCN(CCCOc1cccc(N)c1)Cc1ccncc1. The lowest BCUT2D eigenvalue weighted by atomic mass is 10.2. The fourth-order valence-corrected chi connectivity index (χ4v) is 2.18. The molecule has 1 aromatic heterocycles. The molecule has 4 heteroatoms. The molecule has 0 fully saturated rings. The van der Waals surface area contributed by atoms with E-state index in [1.54, 1.807) is 0 Å². The van der Waals surface area contributed by atoms with Crippen molar-refractivity contribution in [1.29, 1.82) is 0 Å². The topological polar surface area (TPSA) is 51.4 Å². The van der Waals surface area contributed by atoms with E-state index in [0.717, 1.165) is 37.5 Å². The van der Waals surface area contributed by atoms with Crippen molar-refractivity contribution in [1.82, 2.24) is 9.88 Å². The summed E-state index contributed by atoms with van der Waals surface area (Å²) in [5.41, 5.74) is 7.76. The number of hydrogen-bond acceptors (Lipinski definition) is 4. The maximum absolute atomic E-state index is 5.73. The van der Waals surface area contributed by atoms with Gasteiger partial charge in [-0.1, -0.05) is 13.0 Å². The first kappa shape index (κ1) is 15.3. The Hall–Kier alpha value is -2.07. The quantitative estimate of drug-likeness (QED) is 0.598. The van der Waals surface area contributed by atoms with Crippen molar-refractivity contribution in [3.8, 4) is 5.75 Å². The average Bonchev–Trinajstić information content (AvgIpc) is 2.51. The van der Waals surface area contributed by atoms with Crippen LogP contribution in [0.4, 0.5) is 5.69 Å². The van der Waals surface area contributed by atoms with Crippen molar-refractivity contribution in [2.24, 2.45) is 0 Å². The third-order valence-electron chi connectivity index (χ3n) is 3.35. The number of benzene rings is 1. The van der Waals surface area contributed by atoms with Gasteiger partial charge in [-0.05, 0) is 42.8 Å². The Morgan fingerprint density at radius 2 is 2.00 bits per heavy atom. The zero-order valence-corrected chi connectivity index (χ0v) is 12.5. The molecule has 1 aromatic carbocycles. The second-order valence-corrected chi connectivity index (χ2v) is 5.00. The summed E-state index contributed by atoms with van der Waals surface area (Å²) < 4.78 is 5.72. The van der Waals surface area contributed by atoms with Gasteiger partial charge in [0, 0.05) is 37.2 Å². The number of rotatable bonds is 8. The van der Waals surface area contributed by atoms with Crippen LogP contribution in [0.25, 0.3) is 0 Å². The van der Waals surface area contributed by atoms with Crippen molar-refractivity contribution in [3.63, 3.8) is 0 Å². The highest BCUT2D eigenvalue weighted by atomic mass is 16.5. The van der Waals surface area contributed by atoms with Gasteiger partial charge in [-0.2, -0.15) is 0 Å². The first-order valence-corrected chi connectivity index (χ1v) is 7.37.